The zero-order valence-electron chi connectivity index (χ0n) is 13.5. The number of nitrogens with zero attached hydrogens (tertiary/aromatic N) is 1. The van der Waals surface area contributed by atoms with Gasteiger partial charge in [-0.15, -0.1) is 0 Å². The lowest BCUT2D eigenvalue weighted by Gasteiger charge is -2.35. The van der Waals surface area contributed by atoms with E-state index >= 15 is 0 Å². The molecule has 1 unspecified atom stereocenters. The molecule has 1 aromatic rings. The summed E-state index contributed by atoms with van der Waals surface area (Å²) in [7, 11) is 3.30. The summed E-state index contributed by atoms with van der Waals surface area (Å²) < 4.78 is 10.3. The van der Waals surface area contributed by atoms with Crippen LogP contribution in [0.2, 0.25) is 0 Å². The highest BCUT2D eigenvalue weighted by Gasteiger charge is 2.33. The Kier molecular flexibility index (Phi) is 4.67. The zero-order valence-corrected chi connectivity index (χ0v) is 13.5. The van der Waals surface area contributed by atoms with Gasteiger partial charge in [0.1, 0.15) is 12.4 Å². The molecule has 0 bridgehead atoms. The van der Waals surface area contributed by atoms with Crippen LogP contribution in [0, 0.1) is 5.92 Å². The molecule has 4 nitrogen and oxygen atoms in total. The first-order valence-corrected chi connectivity index (χ1v) is 8.16. The second-order valence-corrected chi connectivity index (χ2v) is 6.36. The predicted octanol–water partition coefficient (Wildman–Crippen LogP) is 2.61. The van der Waals surface area contributed by atoms with Crippen molar-refractivity contribution in [2.75, 3.05) is 33.9 Å². The third-order valence-corrected chi connectivity index (χ3v) is 5.21. The number of hydrogen-bond acceptors (Lipinski definition) is 3. The van der Waals surface area contributed by atoms with Gasteiger partial charge in [0.25, 0.3) is 0 Å². The third-order valence-electron chi connectivity index (χ3n) is 5.21. The number of piperidine rings is 1. The molecule has 1 aliphatic carbocycles. The molecule has 0 radical (unpaired) electrons. The van der Waals surface area contributed by atoms with Gasteiger partial charge in [-0.2, -0.15) is 0 Å². The molecule has 1 fully saturated rings. The summed E-state index contributed by atoms with van der Waals surface area (Å²) in [4.78, 5) is 13.8. The first-order valence-electron chi connectivity index (χ1n) is 8.16. The second kappa shape index (κ2) is 6.69. The van der Waals surface area contributed by atoms with Gasteiger partial charge in [0, 0.05) is 20.2 Å². The number of likely N-dealkylation sites (tertiary alicyclic amines) is 1. The number of aryl methyl sites for hydroxylation is 1. The van der Waals surface area contributed by atoms with E-state index in [4.69, 9.17) is 9.47 Å². The number of methoxy groups -OCH3 is 2. The monoisotopic (exact) mass is 303 g/mol. The number of carbonyl (C=O) groups excluding carboxylic acids is 1. The van der Waals surface area contributed by atoms with E-state index < -0.39 is 0 Å². The van der Waals surface area contributed by atoms with Crippen molar-refractivity contribution in [2.24, 2.45) is 5.92 Å². The van der Waals surface area contributed by atoms with E-state index in [9.17, 15) is 4.79 Å². The van der Waals surface area contributed by atoms with E-state index in [1.807, 2.05) is 4.90 Å². The molecule has 1 aliphatic heterocycles. The van der Waals surface area contributed by atoms with Crippen molar-refractivity contribution in [1.82, 2.24) is 4.90 Å². The summed E-state index contributed by atoms with van der Waals surface area (Å²) in [6.45, 7) is 1.93. The van der Waals surface area contributed by atoms with Crippen LogP contribution in [0.15, 0.2) is 18.2 Å². The molecule has 3 rings (SSSR count). The van der Waals surface area contributed by atoms with Gasteiger partial charge in [-0.3, -0.25) is 4.79 Å². The van der Waals surface area contributed by atoms with Crippen LogP contribution in [-0.4, -0.2) is 44.7 Å². The van der Waals surface area contributed by atoms with Crippen molar-refractivity contribution in [3.63, 3.8) is 0 Å². The lowest BCUT2D eigenvalue weighted by molar-refractivity contribution is -0.136. The molecule has 120 valence electrons. The molecule has 22 heavy (non-hydrogen) atoms. The number of ether oxygens (including phenoxy) is 2. The van der Waals surface area contributed by atoms with Gasteiger partial charge in [0.15, 0.2) is 0 Å². The van der Waals surface area contributed by atoms with E-state index in [0.717, 1.165) is 31.7 Å². The maximum atomic E-state index is 11.9. The number of benzene rings is 1. The normalized spacial score (nSPS) is 21.7. The van der Waals surface area contributed by atoms with E-state index in [1.165, 1.54) is 24.0 Å². The van der Waals surface area contributed by atoms with Crippen molar-refractivity contribution in [3.8, 4) is 5.75 Å². The SMILES string of the molecule is COCC(=O)N1CCC(C2CCc3ccc(OC)cc32)CC1. The van der Waals surface area contributed by atoms with Crippen LogP contribution in [0.5, 0.6) is 5.75 Å². The Balaban J connectivity index is 1.65. The fourth-order valence-electron chi connectivity index (χ4n) is 3.99. The highest BCUT2D eigenvalue weighted by molar-refractivity contribution is 5.77. The minimum atomic E-state index is 0.120. The molecule has 4 heteroatoms. The standard InChI is InChI=1S/C18H25NO3/c1-21-12-18(20)19-9-7-14(8-10-19)16-6-4-13-3-5-15(22-2)11-17(13)16/h3,5,11,14,16H,4,6-10,12H2,1-2H3. The molecule has 0 N–H and O–H groups in total. The first kappa shape index (κ1) is 15.3. The Labute approximate surface area is 132 Å². The molecule has 0 saturated carbocycles. The average Bonchev–Trinajstić information content (AvgIpc) is 2.98. The molecule has 1 saturated heterocycles. The lowest BCUT2D eigenvalue weighted by Crippen LogP contribution is -2.41. The Morgan fingerprint density at radius 1 is 1.23 bits per heavy atom. The second-order valence-electron chi connectivity index (χ2n) is 6.36. The predicted molar refractivity (Wildman–Crippen MR) is 85.2 cm³/mol. The van der Waals surface area contributed by atoms with Gasteiger partial charge >= 0.3 is 0 Å². The Hall–Kier alpha value is -1.55. The molecular weight excluding hydrogens is 278 g/mol. The number of amides is 1. The van der Waals surface area contributed by atoms with Crippen molar-refractivity contribution in [3.05, 3.63) is 29.3 Å². The molecule has 1 atom stereocenters. The number of rotatable bonds is 4. The zero-order chi connectivity index (χ0) is 15.5. The molecular formula is C18H25NO3. The molecule has 1 aromatic carbocycles. The molecule has 0 aromatic heterocycles. The van der Waals surface area contributed by atoms with Crippen molar-refractivity contribution >= 4 is 5.91 Å². The summed E-state index contributed by atoms with van der Waals surface area (Å²) in [5, 5.41) is 0. The maximum Gasteiger partial charge on any atom is 0.248 e. The molecule has 0 spiro atoms. The van der Waals surface area contributed by atoms with Crippen LogP contribution >= 0.6 is 0 Å². The highest BCUT2D eigenvalue weighted by Crippen LogP contribution is 2.43. The van der Waals surface area contributed by atoms with E-state index in [2.05, 4.69) is 18.2 Å². The van der Waals surface area contributed by atoms with Gasteiger partial charge in [0.2, 0.25) is 5.91 Å². The Bertz CT molecular complexity index is 535. The first-order chi connectivity index (χ1) is 10.7. The van der Waals surface area contributed by atoms with Crippen molar-refractivity contribution < 1.29 is 14.3 Å². The summed E-state index contributed by atoms with van der Waals surface area (Å²) >= 11 is 0. The molecule has 1 heterocycles. The fourth-order valence-corrected chi connectivity index (χ4v) is 3.99. The number of carbonyl (C=O) groups is 1. The van der Waals surface area contributed by atoms with Gasteiger partial charge < -0.3 is 14.4 Å². The Morgan fingerprint density at radius 2 is 2.00 bits per heavy atom. The van der Waals surface area contributed by atoms with Crippen LogP contribution in [-0.2, 0) is 16.0 Å². The summed E-state index contributed by atoms with van der Waals surface area (Å²) in [5.41, 5.74) is 2.95. The van der Waals surface area contributed by atoms with E-state index in [1.54, 1.807) is 14.2 Å². The summed E-state index contributed by atoms with van der Waals surface area (Å²) in [6.07, 6.45) is 4.60. The smallest absolute Gasteiger partial charge is 0.248 e. The van der Waals surface area contributed by atoms with Gasteiger partial charge in [-0.25, -0.2) is 0 Å². The number of hydrogen-bond donors (Lipinski definition) is 0. The highest BCUT2D eigenvalue weighted by atomic mass is 16.5. The topological polar surface area (TPSA) is 38.8 Å². The van der Waals surface area contributed by atoms with Crippen LogP contribution in [0.3, 0.4) is 0 Å². The van der Waals surface area contributed by atoms with Crippen molar-refractivity contribution in [2.45, 2.75) is 31.6 Å². The quantitative estimate of drug-likeness (QED) is 0.858. The van der Waals surface area contributed by atoms with Gasteiger partial charge in [0.05, 0.1) is 7.11 Å². The minimum Gasteiger partial charge on any atom is -0.497 e. The number of fused-ring (bicyclic) bond motifs is 1. The average molecular weight is 303 g/mol. The minimum absolute atomic E-state index is 0.120. The van der Waals surface area contributed by atoms with E-state index in [0.29, 0.717) is 11.8 Å². The van der Waals surface area contributed by atoms with Crippen LogP contribution < -0.4 is 4.74 Å². The molecule has 2 aliphatic rings. The van der Waals surface area contributed by atoms with E-state index in [-0.39, 0.29) is 12.5 Å². The van der Waals surface area contributed by atoms with Crippen LogP contribution in [0.25, 0.3) is 0 Å². The fraction of sp³-hybridized carbons (Fsp3) is 0.611. The lowest BCUT2D eigenvalue weighted by atomic mass is 9.81. The molecule has 1 amide bonds. The van der Waals surface area contributed by atoms with Crippen molar-refractivity contribution in [1.29, 1.82) is 0 Å². The van der Waals surface area contributed by atoms with Gasteiger partial charge in [-0.05, 0) is 60.8 Å². The summed E-state index contributed by atoms with van der Waals surface area (Å²) in [6, 6.07) is 6.49. The largest absolute Gasteiger partial charge is 0.497 e. The third kappa shape index (κ3) is 2.98. The van der Waals surface area contributed by atoms with Gasteiger partial charge in [-0.1, -0.05) is 6.07 Å². The maximum absolute atomic E-state index is 11.9. The van der Waals surface area contributed by atoms with Crippen LogP contribution in [0.1, 0.15) is 36.3 Å². The summed E-state index contributed by atoms with van der Waals surface area (Å²) in [5.74, 6) is 2.39. The van der Waals surface area contributed by atoms with Crippen LogP contribution in [0.4, 0.5) is 0 Å². The Morgan fingerprint density at radius 3 is 2.68 bits per heavy atom.